The Hall–Kier alpha value is -0.730. The maximum Gasteiger partial charge on any atom is 0.307 e. The van der Waals surface area contributed by atoms with Gasteiger partial charge in [0.1, 0.15) is 18.3 Å². The maximum atomic E-state index is 12.2. The predicted octanol–water partition coefficient (Wildman–Crippen LogP) is 1.69. The SMILES string of the molecule is CCOC(=O)C[C@@H]([C@H]1O[C@@H]2OC(C)(C)O[C@@H]2[C@H]1OC)N1CCCCC1. The third-order valence-corrected chi connectivity index (χ3v) is 5.22. The molecule has 3 saturated heterocycles. The summed E-state index contributed by atoms with van der Waals surface area (Å²) >= 11 is 0. The lowest BCUT2D eigenvalue weighted by Gasteiger charge is -2.39. The molecule has 0 N–H and O–H groups in total. The highest BCUT2D eigenvalue weighted by molar-refractivity contribution is 5.70. The number of carbonyl (C=O) groups excluding carboxylic acids is 1. The number of likely N-dealkylation sites (tertiary alicyclic amines) is 1. The van der Waals surface area contributed by atoms with Gasteiger partial charge >= 0.3 is 5.97 Å². The van der Waals surface area contributed by atoms with Crippen molar-refractivity contribution in [1.29, 1.82) is 0 Å². The molecular formula is C18H31NO6. The number of hydrogen-bond acceptors (Lipinski definition) is 7. The number of ether oxygens (including phenoxy) is 5. The summed E-state index contributed by atoms with van der Waals surface area (Å²) in [5.41, 5.74) is 0. The summed E-state index contributed by atoms with van der Waals surface area (Å²) in [6.45, 7) is 7.88. The Morgan fingerprint density at radius 3 is 2.60 bits per heavy atom. The molecule has 3 fully saturated rings. The Bertz CT molecular complexity index is 464. The molecule has 0 amide bonds. The molecule has 0 radical (unpaired) electrons. The molecular weight excluding hydrogens is 326 g/mol. The Balaban J connectivity index is 1.76. The highest BCUT2D eigenvalue weighted by Crippen LogP contribution is 2.41. The summed E-state index contributed by atoms with van der Waals surface area (Å²) in [4.78, 5) is 14.5. The minimum Gasteiger partial charge on any atom is -0.466 e. The summed E-state index contributed by atoms with van der Waals surface area (Å²) in [5, 5.41) is 0. The summed E-state index contributed by atoms with van der Waals surface area (Å²) in [6, 6.07) is -0.0924. The number of piperidine rings is 1. The van der Waals surface area contributed by atoms with Crippen molar-refractivity contribution in [2.75, 3.05) is 26.8 Å². The first-order chi connectivity index (χ1) is 11.9. The van der Waals surface area contributed by atoms with Gasteiger partial charge in [0.05, 0.1) is 13.0 Å². The van der Waals surface area contributed by atoms with Gasteiger partial charge in [-0.3, -0.25) is 9.69 Å². The lowest BCUT2D eigenvalue weighted by Crippen LogP contribution is -2.52. The zero-order chi connectivity index (χ0) is 18.0. The molecule has 3 aliphatic rings. The molecule has 144 valence electrons. The molecule has 25 heavy (non-hydrogen) atoms. The van der Waals surface area contributed by atoms with E-state index in [4.69, 9.17) is 23.7 Å². The smallest absolute Gasteiger partial charge is 0.307 e. The first kappa shape index (κ1) is 19.0. The zero-order valence-corrected chi connectivity index (χ0v) is 15.7. The fraction of sp³-hybridized carbons (Fsp3) is 0.944. The van der Waals surface area contributed by atoms with Crippen molar-refractivity contribution in [2.24, 2.45) is 0 Å². The van der Waals surface area contributed by atoms with Crippen LogP contribution in [0, 0.1) is 0 Å². The van der Waals surface area contributed by atoms with Crippen LogP contribution in [0.15, 0.2) is 0 Å². The highest BCUT2D eigenvalue weighted by Gasteiger charge is 2.57. The van der Waals surface area contributed by atoms with Gasteiger partial charge in [0.15, 0.2) is 12.1 Å². The number of esters is 1. The number of carbonyl (C=O) groups is 1. The van der Waals surface area contributed by atoms with Crippen molar-refractivity contribution < 1.29 is 28.5 Å². The molecule has 0 aromatic heterocycles. The van der Waals surface area contributed by atoms with Crippen molar-refractivity contribution in [2.45, 2.75) is 82.9 Å². The van der Waals surface area contributed by atoms with Crippen LogP contribution in [0.3, 0.4) is 0 Å². The van der Waals surface area contributed by atoms with E-state index in [1.807, 2.05) is 20.8 Å². The number of rotatable bonds is 6. The van der Waals surface area contributed by atoms with E-state index in [9.17, 15) is 4.79 Å². The topological polar surface area (TPSA) is 66.5 Å². The second-order valence-corrected chi connectivity index (χ2v) is 7.44. The molecule has 0 unspecified atom stereocenters. The fourth-order valence-electron chi connectivity index (χ4n) is 4.18. The third kappa shape index (κ3) is 4.17. The van der Waals surface area contributed by atoms with E-state index in [-0.39, 0.29) is 30.3 Å². The summed E-state index contributed by atoms with van der Waals surface area (Å²) in [5.74, 6) is -0.880. The van der Waals surface area contributed by atoms with Crippen LogP contribution in [-0.4, -0.2) is 74.1 Å². The maximum absolute atomic E-state index is 12.2. The number of hydrogen-bond donors (Lipinski definition) is 0. The molecule has 0 bridgehead atoms. The molecule has 3 rings (SSSR count). The van der Waals surface area contributed by atoms with Crippen LogP contribution in [0.2, 0.25) is 0 Å². The van der Waals surface area contributed by atoms with E-state index in [1.54, 1.807) is 7.11 Å². The minimum atomic E-state index is -0.682. The van der Waals surface area contributed by atoms with Crippen molar-refractivity contribution in [3.63, 3.8) is 0 Å². The standard InChI is InChI=1S/C18H31NO6/c1-5-22-13(20)11-12(19-9-7-6-8-10-19)14-15(21-4)16-17(23-14)25-18(2,3)24-16/h12,14-17H,5-11H2,1-4H3/t12-,14+,15-,16+,17+/m0/s1. The van der Waals surface area contributed by atoms with E-state index >= 15 is 0 Å². The Kier molecular flexibility index (Phi) is 6.00. The van der Waals surface area contributed by atoms with Gasteiger partial charge in [-0.1, -0.05) is 6.42 Å². The van der Waals surface area contributed by atoms with Crippen LogP contribution >= 0.6 is 0 Å². The predicted molar refractivity (Wildman–Crippen MR) is 90.0 cm³/mol. The Morgan fingerprint density at radius 2 is 1.96 bits per heavy atom. The molecule has 0 aromatic rings. The lowest BCUT2D eigenvalue weighted by molar-refractivity contribution is -0.225. The van der Waals surface area contributed by atoms with Crippen LogP contribution in [0.4, 0.5) is 0 Å². The van der Waals surface area contributed by atoms with Crippen LogP contribution < -0.4 is 0 Å². The van der Waals surface area contributed by atoms with Gasteiger partial charge in [0.25, 0.3) is 0 Å². The van der Waals surface area contributed by atoms with E-state index < -0.39 is 12.1 Å². The second kappa shape index (κ2) is 7.88. The normalized spacial score (nSPS) is 36.2. The van der Waals surface area contributed by atoms with Gasteiger partial charge in [0.2, 0.25) is 0 Å². The number of nitrogens with zero attached hydrogens (tertiary/aromatic N) is 1. The van der Waals surface area contributed by atoms with E-state index in [0.717, 1.165) is 25.9 Å². The van der Waals surface area contributed by atoms with Gasteiger partial charge in [-0.15, -0.1) is 0 Å². The quantitative estimate of drug-likeness (QED) is 0.670. The molecule has 3 aliphatic heterocycles. The van der Waals surface area contributed by atoms with E-state index in [2.05, 4.69) is 4.90 Å². The van der Waals surface area contributed by atoms with Crippen LogP contribution in [0.25, 0.3) is 0 Å². The third-order valence-electron chi connectivity index (χ3n) is 5.22. The molecule has 0 spiro atoms. The van der Waals surface area contributed by atoms with Crippen molar-refractivity contribution in [3.8, 4) is 0 Å². The number of fused-ring (bicyclic) bond motifs is 1. The first-order valence-corrected chi connectivity index (χ1v) is 9.38. The summed E-state index contributed by atoms with van der Waals surface area (Å²) < 4.78 is 29.0. The average Bonchev–Trinajstić information content (AvgIpc) is 3.04. The van der Waals surface area contributed by atoms with Gasteiger partial charge in [-0.25, -0.2) is 0 Å². The Labute approximate surface area is 149 Å². The fourth-order valence-corrected chi connectivity index (χ4v) is 4.18. The van der Waals surface area contributed by atoms with Crippen LogP contribution in [0.5, 0.6) is 0 Å². The molecule has 7 heteroatoms. The first-order valence-electron chi connectivity index (χ1n) is 9.38. The van der Waals surface area contributed by atoms with Crippen LogP contribution in [0.1, 0.15) is 46.5 Å². The van der Waals surface area contributed by atoms with Crippen molar-refractivity contribution in [3.05, 3.63) is 0 Å². The molecule has 0 aliphatic carbocycles. The summed E-state index contributed by atoms with van der Waals surface area (Å²) in [6.07, 6.45) is 2.51. The molecule has 5 atom stereocenters. The van der Waals surface area contributed by atoms with E-state index in [1.165, 1.54) is 6.42 Å². The molecule has 7 nitrogen and oxygen atoms in total. The van der Waals surface area contributed by atoms with Gasteiger partial charge in [0, 0.05) is 13.2 Å². The van der Waals surface area contributed by atoms with Crippen LogP contribution in [-0.2, 0) is 28.5 Å². The second-order valence-electron chi connectivity index (χ2n) is 7.44. The van der Waals surface area contributed by atoms with Crippen molar-refractivity contribution >= 4 is 5.97 Å². The lowest BCUT2D eigenvalue weighted by atomic mass is 9.96. The molecule has 0 saturated carbocycles. The highest BCUT2D eigenvalue weighted by atomic mass is 16.8. The van der Waals surface area contributed by atoms with Gasteiger partial charge in [-0.2, -0.15) is 0 Å². The zero-order valence-electron chi connectivity index (χ0n) is 15.7. The minimum absolute atomic E-state index is 0.0924. The summed E-state index contributed by atoms with van der Waals surface area (Å²) in [7, 11) is 1.66. The average molecular weight is 357 g/mol. The number of methoxy groups -OCH3 is 1. The van der Waals surface area contributed by atoms with Gasteiger partial charge < -0.3 is 23.7 Å². The monoisotopic (exact) mass is 357 g/mol. The van der Waals surface area contributed by atoms with E-state index in [0.29, 0.717) is 13.0 Å². The Morgan fingerprint density at radius 1 is 1.24 bits per heavy atom. The largest absolute Gasteiger partial charge is 0.466 e. The van der Waals surface area contributed by atoms with Crippen molar-refractivity contribution in [1.82, 2.24) is 4.90 Å². The van der Waals surface area contributed by atoms with Gasteiger partial charge in [-0.05, 0) is 46.7 Å². The molecule has 0 aromatic carbocycles. The molecule has 3 heterocycles.